The number of benzene rings is 2. The third kappa shape index (κ3) is 4.44. The smallest absolute Gasteiger partial charge is 0.157 e. The summed E-state index contributed by atoms with van der Waals surface area (Å²) in [7, 11) is 0. The molecular formula is C24H28N4O2. The molecule has 0 radical (unpaired) electrons. The highest BCUT2D eigenvalue weighted by Gasteiger charge is 2.30. The van der Waals surface area contributed by atoms with Crippen LogP contribution in [0.5, 0.6) is 5.75 Å². The van der Waals surface area contributed by atoms with Gasteiger partial charge in [0.1, 0.15) is 18.2 Å². The molecule has 1 aliphatic rings. The molecule has 1 fully saturated rings. The van der Waals surface area contributed by atoms with Crippen LogP contribution in [0.25, 0.3) is 11.0 Å². The molecule has 2 atom stereocenters. The van der Waals surface area contributed by atoms with Crippen molar-refractivity contribution in [2.24, 2.45) is 0 Å². The molecule has 0 amide bonds. The minimum absolute atomic E-state index is 0.0845. The van der Waals surface area contributed by atoms with Crippen LogP contribution in [0.15, 0.2) is 48.7 Å². The molecule has 0 saturated carbocycles. The number of carbonyl (C=O) groups excluding carboxylic acids is 1. The fraction of sp³-hybridized carbons (Fsp3) is 0.375. The van der Waals surface area contributed by atoms with E-state index in [0.717, 1.165) is 54.1 Å². The lowest BCUT2D eigenvalue weighted by atomic mass is 10.0. The number of carbonyl (C=O) groups is 1. The first-order chi connectivity index (χ1) is 14.5. The van der Waals surface area contributed by atoms with E-state index in [-0.39, 0.29) is 6.61 Å². The quantitative estimate of drug-likeness (QED) is 0.585. The zero-order chi connectivity index (χ0) is 21.1. The van der Waals surface area contributed by atoms with E-state index in [4.69, 9.17) is 9.72 Å². The number of aldehydes is 1. The molecule has 156 valence electrons. The van der Waals surface area contributed by atoms with E-state index in [1.807, 2.05) is 42.6 Å². The van der Waals surface area contributed by atoms with Crippen LogP contribution in [0.4, 0.5) is 5.82 Å². The van der Waals surface area contributed by atoms with Crippen LogP contribution in [0, 0.1) is 6.92 Å². The highest BCUT2D eigenvalue weighted by atomic mass is 16.5. The van der Waals surface area contributed by atoms with Crippen molar-refractivity contribution in [3.8, 4) is 5.75 Å². The van der Waals surface area contributed by atoms with E-state index in [1.165, 1.54) is 5.56 Å². The number of fused-ring (bicyclic) bond motifs is 1. The summed E-state index contributed by atoms with van der Waals surface area (Å²) in [6.45, 7) is 9.31. The molecule has 0 N–H and O–H groups in total. The van der Waals surface area contributed by atoms with E-state index in [2.05, 4.69) is 41.6 Å². The van der Waals surface area contributed by atoms with E-state index >= 15 is 0 Å². The third-order valence-corrected chi connectivity index (χ3v) is 5.66. The number of nitrogens with zero attached hydrogens (tertiary/aromatic N) is 4. The zero-order valence-electron chi connectivity index (χ0n) is 17.8. The minimum atomic E-state index is 0.0845. The summed E-state index contributed by atoms with van der Waals surface area (Å²) in [5.74, 6) is 1.69. The average Bonchev–Trinajstić information content (AvgIpc) is 2.74. The first-order valence-corrected chi connectivity index (χ1v) is 10.4. The second-order valence-electron chi connectivity index (χ2n) is 8.12. The summed E-state index contributed by atoms with van der Waals surface area (Å²) in [6.07, 6.45) is 2.66. The van der Waals surface area contributed by atoms with Crippen LogP contribution >= 0.6 is 0 Å². The van der Waals surface area contributed by atoms with Crippen molar-refractivity contribution in [1.29, 1.82) is 0 Å². The number of hydrogen-bond donors (Lipinski definition) is 0. The largest absolute Gasteiger partial charge is 0.486 e. The molecule has 0 spiro atoms. The molecular weight excluding hydrogens is 376 g/mol. The van der Waals surface area contributed by atoms with Gasteiger partial charge in [-0.25, -0.2) is 4.98 Å². The summed E-state index contributed by atoms with van der Waals surface area (Å²) in [6, 6.07) is 14.9. The number of rotatable bonds is 6. The van der Waals surface area contributed by atoms with Gasteiger partial charge in [-0.05, 0) is 56.2 Å². The van der Waals surface area contributed by atoms with Crippen LogP contribution in [-0.4, -0.2) is 52.9 Å². The molecule has 1 saturated heterocycles. The Kier molecular flexibility index (Phi) is 5.95. The summed E-state index contributed by atoms with van der Waals surface area (Å²) in [4.78, 5) is 24.9. The molecule has 0 bridgehead atoms. The molecule has 3 aromatic rings. The number of anilines is 1. The van der Waals surface area contributed by atoms with Crippen LogP contribution in [0.2, 0.25) is 0 Å². The molecule has 6 nitrogen and oxygen atoms in total. The second-order valence-corrected chi connectivity index (χ2v) is 8.12. The van der Waals surface area contributed by atoms with Crippen LogP contribution < -0.4 is 9.64 Å². The second kappa shape index (κ2) is 8.79. The molecule has 6 heteroatoms. The van der Waals surface area contributed by atoms with Gasteiger partial charge in [-0.2, -0.15) is 0 Å². The molecule has 4 rings (SSSR count). The van der Waals surface area contributed by atoms with Gasteiger partial charge in [0.2, 0.25) is 0 Å². The van der Waals surface area contributed by atoms with Gasteiger partial charge < -0.3 is 9.64 Å². The zero-order valence-corrected chi connectivity index (χ0v) is 17.8. The number of piperazine rings is 1. The fourth-order valence-electron chi connectivity index (χ4n) is 4.30. The Morgan fingerprint density at radius 1 is 1.10 bits per heavy atom. The topological polar surface area (TPSA) is 58.6 Å². The minimum Gasteiger partial charge on any atom is -0.486 e. The molecule has 2 heterocycles. The van der Waals surface area contributed by atoms with Crippen molar-refractivity contribution in [2.45, 2.75) is 39.4 Å². The van der Waals surface area contributed by atoms with E-state index < -0.39 is 0 Å². The lowest BCUT2D eigenvalue weighted by Gasteiger charge is -2.45. The van der Waals surface area contributed by atoms with Gasteiger partial charge in [-0.3, -0.25) is 14.7 Å². The van der Waals surface area contributed by atoms with Crippen molar-refractivity contribution in [3.05, 3.63) is 59.8 Å². The van der Waals surface area contributed by atoms with Crippen LogP contribution in [-0.2, 0) is 11.3 Å². The highest BCUT2D eigenvalue weighted by molar-refractivity contribution is 5.75. The van der Waals surface area contributed by atoms with Gasteiger partial charge in [0.05, 0.1) is 17.2 Å². The fourth-order valence-corrected chi connectivity index (χ4v) is 4.30. The third-order valence-electron chi connectivity index (χ3n) is 5.66. The van der Waals surface area contributed by atoms with Crippen LogP contribution in [0.3, 0.4) is 0 Å². The lowest BCUT2D eigenvalue weighted by Crippen LogP contribution is -2.56. The highest BCUT2D eigenvalue weighted by Crippen LogP contribution is 2.25. The summed E-state index contributed by atoms with van der Waals surface area (Å²) >= 11 is 0. The Hall–Kier alpha value is -2.99. The maximum Gasteiger partial charge on any atom is 0.157 e. The van der Waals surface area contributed by atoms with E-state index in [9.17, 15) is 4.79 Å². The summed E-state index contributed by atoms with van der Waals surface area (Å²) in [5, 5.41) is 0. The normalized spacial score (nSPS) is 19.8. The van der Waals surface area contributed by atoms with Crippen molar-refractivity contribution in [3.63, 3.8) is 0 Å². The van der Waals surface area contributed by atoms with Gasteiger partial charge in [-0.1, -0.05) is 18.2 Å². The van der Waals surface area contributed by atoms with E-state index in [0.29, 0.717) is 12.1 Å². The number of ether oxygens (including phenoxy) is 1. The van der Waals surface area contributed by atoms with Crippen LogP contribution in [0.1, 0.15) is 25.0 Å². The van der Waals surface area contributed by atoms with Crippen molar-refractivity contribution >= 4 is 23.1 Å². The maximum atomic E-state index is 10.6. The first-order valence-electron chi connectivity index (χ1n) is 10.4. The molecule has 2 aromatic carbocycles. The molecule has 30 heavy (non-hydrogen) atoms. The first kappa shape index (κ1) is 20.3. The van der Waals surface area contributed by atoms with Gasteiger partial charge >= 0.3 is 0 Å². The molecule has 1 aromatic heterocycles. The Balaban J connectivity index is 1.48. The Bertz CT molecular complexity index is 1030. The Morgan fingerprint density at radius 2 is 1.83 bits per heavy atom. The molecule has 0 aliphatic carbocycles. The Labute approximate surface area is 177 Å². The standard InChI is InChI=1S/C24H28N4O2/c1-17-10-20(12-21(11-17)30-9-8-29)16-28-18(2)14-27(15-19(28)3)24-13-25-22-6-4-5-7-23(22)26-24/h4-8,10-13,18-19H,9,14-16H2,1-3H3. The number of para-hydroxylation sites is 2. The SMILES string of the molecule is Cc1cc(CN2C(C)CN(c3cnc4ccccc4n3)CC2C)cc(OCC=O)c1. The monoisotopic (exact) mass is 404 g/mol. The van der Waals surface area contributed by atoms with Crippen molar-refractivity contribution in [2.75, 3.05) is 24.6 Å². The average molecular weight is 405 g/mol. The molecule has 2 unspecified atom stereocenters. The van der Waals surface area contributed by atoms with Gasteiger partial charge in [0.25, 0.3) is 0 Å². The summed E-state index contributed by atoms with van der Waals surface area (Å²) in [5.41, 5.74) is 4.20. The Morgan fingerprint density at radius 3 is 2.57 bits per heavy atom. The van der Waals surface area contributed by atoms with Gasteiger partial charge in [0, 0.05) is 31.7 Å². The molecule has 1 aliphatic heterocycles. The number of hydrogen-bond acceptors (Lipinski definition) is 6. The predicted molar refractivity (Wildman–Crippen MR) is 119 cm³/mol. The van der Waals surface area contributed by atoms with Gasteiger partial charge in [0.15, 0.2) is 6.29 Å². The van der Waals surface area contributed by atoms with E-state index in [1.54, 1.807) is 0 Å². The van der Waals surface area contributed by atoms with Crippen molar-refractivity contribution in [1.82, 2.24) is 14.9 Å². The maximum absolute atomic E-state index is 10.6. The number of aromatic nitrogens is 2. The van der Waals surface area contributed by atoms with Gasteiger partial charge in [-0.15, -0.1) is 0 Å². The lowest BCUT2D eigenvalue weighted by molar-refractivity contribution is -0.109. The van der Waals surface area contributed by atoms with Crippen molar-refractivity contribution < 1.29 is 9.53 Å². The summed E-state index contributed by atoms with van der Waals surface area (Å²) < 4.78 is 5.52. The predicted octanol–water partition coefficient (Wildman–Crippen LogP) is 3.62. The number of aryl methyl sites for hydroxylation is 1.